The molecule has 0 radical (unpaired) electrons. The predicted molar refractivity (Wildman–Crippen MR) is 183 cm³/mol. The molecule has 0 atom stereocenters. The van der Waals surface area contributed by atoms with Crippen LogP contribution in [0.15, 0.2) is 36.4 Å². The molecule has 0 saturated heterocycles. The highest BCUT2D eigenvalue weighted by Gasteiger charge is 2.19. The Hall–Kier alpha value is -3.54. The average Bonchev–Trinajstić information content (AvgIpc) is 3.02. The summed E-state index contributed by atoms with van der Waals surface area (Å²) in [7, 11) is 0. The first-order valence-electron chi connectivity index (χ1n) is 16.9. The summed E-state index contributed by atoms with van der Waals surface area (Å²) in [6.45, 7) is 13.8. The summed E-state index contributed by atoms with van der Waals surface area (Å²) in [5.74, 6) is 3.57. The summed E-state index contributed by atoms with van der Waals surface area (Å²) in [5.41, 5.74) is 0. The Morgan fingerprint density at radius 1 is 0.364 bits per heavy atom. The number of fused-ring (bicyclic) bond motifs is 6. The van der Waals surface area contributed by atoms with Gasteiger partial charge in [-0.15, -0.1) is 0 Å². The lowest BCUT2D eigenvalue weighted by Crippen LogP contribution is -2.04. The van der Waals surface area contributed by atoms with Gasteiger partial charge in [-0.05, 0) is 101 Å². The van der Waals surface area contributed by atoms with E-state index in [2.05, 4.69) is 58.9 Å². The van der Waals surface area contributed by atoms with Gasteiger partial charge in [-0.25, -0.2) is 0 Å². The molecule has 0 heterocycles. The van der Waals surface area contributed by atoms with Crippen molar-refractivity contribution < 1.29 is 28.8 Å². The molecule has 44 heavy (non-hydrogen) atoms. The maximum Gasteiger partial charge on any atom is 0.161 e. The number of hydrogen-bond donors (Lipinski definition) is 1. The zero-order valence-electron chi connectivity index (χ0n) is 27.6. The topological polar surface area (TPSA) is 66.4 Å². The molecule has 0 unspecified atom stereocenters. The fraction of sp³-hybridized carbons (Fsp3) is 0.526. The minimum atomic E-state index is 0.130. The van der Waals surface area contributed by atoms with Crippen LogP contribution in [0.25, 0.3) is 32.3 Å². The zero-order valence-corrected chi connectivity index (χ0v) is 27.6. The molecule has 4 aromatic carbocycles. The summed E-state index contributed by atoms with van der Waals surface area (Å²) >= 11 is 0. The lowest BCUT2D eigenvalue weighted by atomic mass is 9.93. The van der Waals surface area contributed by atoms with Crippen LogP contribution >= 0.6 is 0 Å². The van der Waals surface area contributed by atoms with E-state index in [4.69, 9.17) is 23.7 Å². The SMILES string of the molecule is CCCCOc1cc2c(cc1O)c1cc(OCCCC)c(OCCCC)cc1c1cc(OCCCC)c(OCCCC)cc21. The molecule has 0 spiro atoms. The molecule has 4 aromatic rings. The maximum atomic E-state index is 11.1. The number of benzene rings is 4. The fourth-order valence-corrected chi connectivity index (χ4v) is 5.22. The number of unbranched alkanes of at least 4 members (excludes halogenated alkanes) is 5. The van der Waals surface area contributed by atoms with Crippen LogP contribution in [0.3, 0.4) is 0 Å². The first-order chi connectivity index (χ1) is 21.6. The van der Waals surface area contributed by atoms with E-state index in [0.717, 1.165) is 120 Å². The zero-order chi connectivity index (χ0) is 31.3. The second kappa shape index (κ2) is 17.1. The standard InChI is InChI=1S/C38H52O6/c1-6-11-16-40-34-22-28-27(21-33(34)39)29-23-35(41-17-12-7-2)37(43-19-14-9-4)25-31(29)32-26-38(44-20-15-10-5)36(24-30(28)32)42-18-13-8-3/h21-26,39H,6-20H2,1-5H3. The minimum absolute atomic E-state index is 0.130. The quantitative estimate of drug-likeness (QED) is 0.0799. The van der Waals surface area contributed by atoms with Crippen molar-refractivity contribution in [2.75, 3.05) is 33.0 Å². The van der Waals surface area contributed by atoms with E-state index in [0.29, 0.717) is 38.8 Å². The summed E-state index contributed by atoms with van der Waals surface area (Å²) in [4.78, 5) is 0. The highest BCUT2D eigenvalue weighted by atomic mass is 16.5. The van der Waals surface area contributed by atoms with Crippen molar-refractivity contribution in [1.82, 2.24) is 0 Å². The molecule has 240 valence electrons. The fourth-order valence-electron chi connectivity index (χ4n) is 5.22. The molecule has 1 N–H and O–H groups in total. The van der Waals surface area contributed by atoms with Crippen LogP contribution in [0.1, 0.15) is 98.8 Å². The number of ether oxygens (including phenoxy) is 5. The molecule has 6 heteroatoms. The largest absolute Gasteiger partial charge is 0.504 e. The molecule has 0 aliphatic rings. The van der Waals surface area contributed by atoms with Crippen LogP contribution in [0.2, 0.25) is 0 Å². The third-order valence-electron chi connectivity index (χ3n) is 7.91. The molecule has 0 amide bonds. The van der Waals surface area contributed by atoms with Gasteiger partial charge >= 0.3 is 0 Å². The Labute approximate surface area is 263 Å². The summed E-state index contributed by atoms with van der Waals surface area (Å²) in [5, 5.41) is 17.1. The molecule has 0 aromatic heterocycles. The van der Waals surface area contributed by atoms with Crippen molar-refractivity contribution in [2.24, 2.45) is 0 Å². The lowest BCUT2D eigenvalue weighted by molar-refractivity contribution is 0.262. The number of hydrogen-bond acceptors (Lipinski definition) is 6. The normalized spacial score (nSPS) is 11.4. The first-order valence-corrected chi connectivity index (χ1v) is 16.9. The molecule has 0 saturated carbocycles. The van der Waals surface area contributed by atoms with Crippen LogP contribution in [-0.4, -0.2) is 38.1 Å². The van der Waals surface area contributed by atoms with E-state index in [1.54, 1.807) is 0 Å². The molecule has 4 rings (SSSR count). The Bertz CT molecular complexity index is 1450. The number of aromatic hydroxyl groups is 1. The van der Waals surface area contributed by atoms with E-state index < -0.39 is 0 Å². The molecule has 0 aliphatic carbocycles. The van der Waals surface area contributed by atoms with Crippen LogP contribution in [-0.2, 0) is 0 Å². The van der Waals surface area contributed by atoms with Gasteiger partial charge in [0.1, 0.15) is 0 Å². The third-order valence-corrected chi connectivity index (χ3v) is 7.91. The first kappa shape index (κ1) is 33.4. The summed E-state index contributed by atoms with van der Waals surface area (Å²) < 4.78 is 31.3. The van der Waals surface area contributed by atoms with Gasteiger partial charge in [0.25, 0.3) is 0 Å². The van der Waals surface area contributed by atoms with Gasteiger partial charge in [0, 0.05) is 0 Å². The van der Waals surface area contributed by atoms with Gasteiger partial charge in [-0.3, -0.25) is 0 Å². The summed E-state index contributed by atoms with van der Waals surface area (Å²) in [6.07, 6.45) is 10.00. The second-order valence-electron chi connectivity index (χ2n) is 11.6. The highest BCUT2D eigenvalue weighted by molar-refractivity contribution is 6.26. The Morgan fingerprint density at radius 2 is 0.591 bits per heavy atom. The molecule has 6 nitrogen and oxygen atoms in total. The van der Waals surface area contributed by atoms with Crippen molar-refractivity contribution in [3.05, 3.63) is 36.4 Å². The minimum Gasteiger partial charge on any atom is -0.504 e. The van der Waals surface area contributed by atoms with Crippen LogP contribution in [0.5, 0.6) is 34.5 Å². The van der Waals surface area contributed by atoms with Gasteiger partial charge < -0.3 is 28.8 Å². The van der Waals surface area contributed by atoms with Crippen molar-refractivity contribution >= 4 is 32.3 Å². The molecular weight excluding hydrogens is 552 g/mol. The van der Waals surface area contributed by atoms with Crippen molar-refractivity contribution in [3.63, 3.8) is 0 Å². The third kappa shape index (κ3) is 8.13. The number of phenols is 1. The lowest BCUT2D eigenvalue weighted by Gasteiger charge is -2.20. The average molecular weight is 605 g/mol. The van der Waals surface area contributed by atoms with E-state index in [1.807, 2.05) is 12.1 Å². The van der Waals surface area contributed by atoms with Gasteiger partial charge in [-0.2, -0.15) is 0 Å². The van der Waals surface area contributed by atoms with E-state index in [9.17, 15) is 5.11 Å². The Morgan fingerprint density at radius 3 is 0.864 bits per heavy atom. The maximum absolute atomic E-state index is 11.1. The van der Waals surface area contributed by atoms with E-state index in [1.165, 1.54) is 0 Å². The van der Waals surface area contributed by atoms with Gasteiger partial charge in [0.2, 0.25) is 0 Å². The van der Waals surface area contributed by atoms with E-state index in [-0.39, 0.29) is 5.75 Å². The van der Waals surface area contributed by atoms with Crippen molar-refractivity contribution in [3.8, 4) is 34.5 Å². The van der Waals surface area contributed by atoms with Gasteiger partial charge in [0.05, 0.1) is 33.0 Å². The molecule has 0 bridgehead atoms. The molecule has 0 aliphatic heterocycles. The van der Waals surface area contributed by atoms with Crippen LogP contribution in [0.4, 0.5) is 0 Å². The van der Waals surface area contributed by atoms with Crippen LogP contribution < -0.4 is 23.7 Å². The van der Waals surface area contributed by atoms with Gasteiger partial charge in [-0.1, -0.05) is 66.7 Å². The van der Waals surface area contributed by atoms with Crippen molar-refractivity contribution in [1.29, 1.82) is 0 Å². The van der Waals surface area contributed by atoms with Gasteiger partial charge in [0.15, 0.2) is 34.5 Å². The van der Waals surface area contributed by atoms with E-state index >= 15 is 0 Å². The second-order valence-corrected chi connectivity index (χ2v) is 11.6. The highest BCUT2D eigenvalue weighted by Crippen LogP contribution is 2.47. The van der Waals surface area contributed by atoms with Crippen molar-refractivity contribution in [2.45, 2.75) is 98.8 Å². The van der Waals surface area contributed by atoms with Crippen LogP contribution in [0, 0.1) is 0 Å². The summed E-state index contributed by atoms with van der Waals surface area (Å²) in [6, 6.07) is 12.2. The number of rotatable bonds is 20. The molecule has 0 fully saturated rings. The predicted octanol–water partition coefficient (Wildman–Crippen LogP) is 10.7. The molecular formula is C38H52O6. The monoisotopic (exact) mass is 604 g/mol. The Kier molecular flexibility index (Phi) is 12.9. The number of phenolic OH excluding ortho intramolecular Hbond substituents is 1. The smallest absolute Gasteiger partial charge is 0.161 e. The Balaban J connectivity index is 2.02.